The molecule has 1 aromatic carbocycles. The average Bonchev–Trinajstić information content (AvgIpc) is 3.13. The molecule has 1 aromatic rings. The Morgan fingerprint density at radius 3 is 2.50 bits per heavy atom. The van der Waals surface area contributed by atoms with Gasteiger partial charge >= 0.3 is 0 Å². The van der Waals surface area contributed by atoms with Gasteiger partial charge in [0.1, 0.15) is 0 Å². The number of carbonyl (C=O) groups is 2. The summed E-state index contributed by atoms with van der Waals surface area (Å²) in [6, 6.07) is 7.61. The van der Waals surface area contributed by atoms with Crippen LogP contribution in [0.2, 0.25) is 0 Å². The summed E-state index contributed by atoms with van der Waals surface area (Å²) in [7, 11) is 1.54. The Morgan fingerprint density at radius 2 is 1.92 bits per heavy atom. The standard InChI is InChI=1S/C18H27N3O3/c1-24-16(13-19)12-17(22)20-15-7-4-14(5-8-15)6-9-18(23)21-10-2-3-11-21/h4-5,7-8,16H,2-3,6,9-13,19H2,1H3,(H,20,22). The molecule has 1 aliphatic rings. The number of rotatable bonds is 8. The largest absolute Gasteiger partial charge is 0.380 e. The summed E-state index contributed by atoms with van der Waals surface area (Å²) in [5.74, 6) is 0.113. The van der Waals surface area contributed by atoms with E-state index in [9.17, 15) is 9.59 Å². The van der Waals surface area contributed by atoms with Gasteiger partial charge in [0.2, 0.25) is 11.8 Å². The maximum absolute atomic E-state index is 12.0. The molecule has 0 saturated carbocycles. The first kappa shape index (κ1) is 18.4. The highest BCUT2D eigenvalue weighted by atomic mass is 16.5. The van der Waals surface area contributed by atoms with Crippen molar-refractivity contribution in [3.63, 3.8) is 0 Å². The van der Waals surface area contributed by atoms with Gasteiger partial charge < -0.3 is 20.7 Å². The van der Waals surface area contributed by atoms with Gasteiger partial charge in [0.15, 0.2) is 0 Å². The number of methoxy groups -OCH3 is 1. The second-order valence-corrected chi connectivity index (χ2v) is 6.13. The highest BCUT2D eigenvalue weighted by Crippen LogP contribution is 2.14. The summed E-state index contributed by atoms with van der Waals surface area (Å²) in [5.41, 5.74) is 7.34. The Balaban J connectivity index is 1.77. The van der Waals surface area contributed by atoms with E-state index in [1.54, 1.807) is 7.11 Å². The zero-order valence-corrected chi connectivity index (χ0v) is 14.3. The Bertz CT molecular complexity index is 535. The third-order valence-corrected chi connectivity index (χ3v) is 4.33. The van der Waals surface area contributed by atoms with Gasteiger partial charge in [-0.1, -0.05) is 12.1 Å². The lowest BCUT2D eigenvalue weighted by Crippen LogP contribution is -2.28. The summed E-state index contributed by atoms with van der Waals surface area (Å²) in [4.78, 5) is 25.9. The Hall–Kier alpha value is -1.92. The molecule has 0 spiro atoms. The quantitative estimate of drug-likeness (QED) is 0.756. The second-order valence-electron chi connectivity index (χ2n) is 6.13. The lowest BCUT2D eigenvalue weighted by atomic mass is 10.1. The van der Waals surface area contributed by atoms with Crippen molar-refractivity contribution < 1.29 is 14.3 Å². The Kier molecular flexibility index (Phi) is 7.21. The summed E-state index contributed by atoms with van der Waals surface area (Å²) < 4.78 is 5.10. The molecule has 1 unspecified atom stereocenters. The second kappa shape index (κ2) is 9.39. The Labute approximate surface area is 143 Å². The monoisotopic (exact) mass is 333 g/mol. The molecule has 24 heavy (non-hydrogen) atoms. The number of nitrogens with one attached hydrogen (secondary N) is 1. The van der Waals surface area contributed by atoms with Gasteiger partial charge in [-0.2, -0.15) is 0 Å². The van der Waals surface area contributed by atoms with Crippen LogP contribution in [0, 0.1) is 0 Å². The number of anilines is 1. The van der Waals surface area contributed by atoms with Crippen LogP contribution in [0.25, 0.3) is 0 Å². The number of aryl methyl sites for hydroxylation is 1. The van der Waals surface area contributed by atoms with Crippen molar-refractivity contribution in [2.75, 3.05) is 32.1 Å². The van der Waals surface area contributed by atoms with Crippen LogP contribution in [-0.2, 0) is 20.7 Å². The van der Waals surface area contributed by atoms with Crippen molar-refractivity contribution in [2.45, 2.75) is 38.2 Å². The van der Waals surface area contributed by atoms with Gasteiger partial charge in [-0.15, -0.1) is 0 Å². The van der Waals surface area contributed by atoms with Gasteiger partial charge in [-0.05, 0) is 37.0 Å². The van der Waals surface area contributed by atoms with Crippen molar-refractivity contribution in [1.82, 2.24) is 4.90 Å². The molecule has 2 amide bonds. The molecule has 6 heteroatoms. The molecule has 132 valence electrons. The lowest BCUT2D eigenvalue weighted by Gasteiger charge is -2.15. The number of nitrogens with zero attached hydrogens (tertiary/aromatic N) is 1. The molecule has 1 heterocycles. The van der Waals surface area contributed by atoms with Crippen LogP contribution in [-0.4, -0.2) is 49.6 Å². The number of hydrogen-bond donors (Lipinski definition) is 2. The van der Waals surface area contributed by atoms with Crippen LogP contribution in [0.5, 0.6) is 0 Å². The predicted octanol–water partition coefficient (Wildman–Crippen LogP) is 1.54. The van der Waals surface area contributed by atoms with Gasteiger partial charge in [-0.3, -0.25) is 9.59 Å². The van der Waals surface area contributed by atoms with E-state index in [-0.39, 0.29) is 24.3 Å². The van der Waals surface area contributed by atoms with Crippen LogP contribution in [0.4, 0.5) is 5.69 Å². The maximum atomic E-state index is 12.0. The fraction of sp³-hybridized carbons (Fsp3) is 0.556. The van der Waals surface area contributed by atoms with E-state index in [0.29, 0.717) is 13.0 Å². The van der Waals surface area contributed by atoms with E-state index in [2.05, 4.69) is 5.32 Å². The van der Waals surface area contributed by atoms with Gasteiger partial charge in [0, 0.05) is 38.9 Å². The minimum atomic E-state index is -0.263. The Morgan fingerprint density at radius 1 is 1.25 bits per heavy atom. The number of carbonyl (C=O) groups excluding carboxylic acids is 2. The van der Waals surface area contributed by atoms with E-state index in [0.717, 1.165) is 43.6 Å². The van der Waals surface area contributed by atoms with E-state index in [4.69, 9.17) is 10.5 Å². The molecule has 0 aliphatic carbocycles. The molecule has 0 bridgehead atoms. The molecule has 2 rings (SSSR count). The first-order valence-corrected chi connectivity index (χ1v) is 8.52. The maximum Gasteiger partial charge on any atom is 0.227 e. The molecule has 1 saturated heterocycles. The van der Waals surface area contributed by atoms with Gasteiger partial charge in [0.25, 0.3) is 0 Å². The first-order valence-electron chi connectivity index (χ1n) is 8.52. The predicted molar refractivity (Wildman–Crippen MR) is 93.7 cm³/mol. The summed E-state index contributed by atoms with van der Waals surface area (Å²) in [6.07, 6.45) is 3.47. The summed E-state index contributed by atoms with van der Waals surface area (Å²) in [6.45, 7) is 2.11. The number of amides is 2. The van der Waals surface area contributed by atoms with Crippen LogP contribution in [0.15, 0.2) is 24.3 Å². The number of benzene rings is 1. The molecule has 3 N–H and O–H groups in total. The highest BCUT2D eigenvalue weighted by Gasteiger charge is 2.17. The molecule has 1 atom stereocenters. The normalized spacial score (nSPS) is 15.3. The van der Waals surface area contributed by atoms with Crippen LogP contribution in [0.3, 0.4) is 0 Å². The molecular weight excluding hydrogens is 306 g/mol. The summed E-state index contributed by atoms with van der Waals surface area (Å²) in [5, 5.41) is 2.83. The van der Waals surface area contributed by atoms with Gasteiger partial charge in [-0.25, -0.2) is 0 Å². The lowest BCUT2D eigenvalue weighted by molar-refractivity contribution is -0.130. The molecule has 6 nitrogen and oxygen atoms in total. The van der Waals surface area contributed by atoms with Crippen LogP contribution >= 0.6 is 0 Å². The third-order valence-electron chi connectivity index (χ3n) is 4.33. The minimum Gasteiger partial charge on any atom is -0.380 e. The molecule has 1 aliphatic heterocycles. The van der Waals surface area contributed by atoms with E-state index in [1.165, 1.54) is 0 Å². The average molecular weight is 333 g/mol. The smallest absolute Gasteiger partial charge is 0.227 e. The number of ether oxygens (including phenoxy) is 1. The van der Waals surface area contributed by atoms with Crippen LogP contribution in [0.1, 0.15) is 31.2 Å². The van der Waals surface area contributed by atoms with Crippen LogP contribution < -0.4 is 11.1 Å². The number of likely N-dealkylation sites (tertiary alicyclic amines) is 1. The van der Waals surface area contributed by atoms with Crippen molar-refractivity contribution >= 4 is 17.5 Å². The summed E-state index contributed by atoms with van der Waals surface area (Å²) >= 11 is 0. The van der Waals surface area contributed by atoms with Gasteiger partial charge in [0.05, 0.1) is 12.5 Å². The minimum absolute atomic E-state index is 0.121. The first-order chi connectivity index (χ1) is 11.6. The topological polar surface area (TPSA) is 84.7 Å². The molecule has 0 radical (unpaired) electrons. The molecule has 1 fully saturated rings. The van der Waals surface area contributed by atoms with Crippen molar-refractivity contribution in [2.24, 2.45) is 5.73 Å². The van der Waals surface area contributed by atoms with Crippen molar-refractivity contribution in [3.8, 4) is 0 Å². The number of hydrogen-bond acceptors (Lipinski definition) is 4. The fourth-order valence-corrected chi connectivity index (χ4v) is 2.81. The van der Waals surface area contributed by atoms with E-state index in [1.807, 2.05) is 29.2 Å². The SMILES string of the molecule is COC(CN)CC(=O)Nc1ccc(CCC(=O)N2CCCC2)cc1. The van der Waals surface area contributed by atoms with E-state index >= 15 is 0 Å². The zero-order chi connectivity index (χ0) is 17.4. The molecule has 0 aromatic heterocycles. The zero-order valence-electron chi connectivity index (χ0n) is 14.3. The number of nitrogens with two attached hydrogens (primary N) is 1. The van der Waals surface area contributed by atoms with Crippen molar-refractivity contribution in [3.05, 3.63) is 29.8 Å². The van der Waals surface area contributed by atoms with Crippen molar-refractivity contribution in [1.29, 1.82) is 0 Å². The fourth-order valence-electron chi connectivity index (χ4n) is 2.81. The molecular formula is C18H27N3O3. The third kappa shape index (κ3) is 5.62. The van der Waals surface area contributed by atoms with E-state index < -0.39 is 0 Å². The highest BCUT2D eigenvalue weighted by molar-refractivity contribution is 5.91.